The van der Waals surface area contributed by atoms with Crippen LogP contribution in [-0.4, -0.2) is 9.55 Å². The quantitative estimate of drug-likeness (QED) is 0.534. The van der Waals surface area contributed by atoms with Crippen molar-refractivity contribution < 1.29 is 0 Å². The molecule has 2 aromatic carbocycles. The molecule has 4 heteroatoms. The lowest BCUT2D eigenvalue weighted by Gasteiger charge is -2.13. The van der Waals surface area contributed by atoms with E-state index in [0.717, 1.165) is 27.0 Å². The van der Waals surface area contributed by atoms with Crippen molar-refractivity contribution in [2.45, 2.75) is 26.1 Å². The monoisotopic (exact) mass is 362 g/mol. The highest BCUT2D eigenvalue weighted by Crippen LogP contribution is 2.31. The molecule has 0 saturated heterocycles. The van der Waals surface area contributed by atoms with Crippen LogP contribution in [0.5, 0.6) is 0 Å². The average molecular weight is 364 g/mol. The van der Waals surface area contributed by atoms with Gasteiger partial charge in [0, 0.05) is 10.2 Å². The van der Waals surface area contributed by atoms with E-state index in [-0.39, 0.29) is 5.38 Å². The van der Waals surface area contributed by atoms with Gasteiger partial charge in [0.1, 0.15) is 5.82 Å². The fraction of sp³-hybridized carbons (Fsp3) is 0.235. The van der Waals surface area contributed by atoms with Gasteiger partial charge in [0.2, 0.25) is 0 Å². The lowest BCUT2D eigenvalue weighted by molar-refractivity contribution is 0.880. The number of aryl methyl sites for hydroxylation is 2. The third-order valence-corrected chi connectivity index (χ3v) is 4.74. The number of nitrogens with zero attached hydrogens (tertiary/aromatic N) is 2. The number of rotatable bonds is 2. The number of alkyl halides is 1. The zero-order chi connectivity index (χ0) is 15.1. The summed E-state index contributed by atoms with van der Waals surface area (Å²) in [6.45, 7) is 6.15. The summed E-state index contributed by atoms with van der Waals surface area (Å²) in [6.07, 6.45) is 0. The maximum Gasteiger partial charge on any atom is 0.132 e. The second-order valence-corrected chi connectivity index (χ2v) is 6.81. The first-order chi connectivity index (χ1) is 9.99. The Kier molecular flexibility index (Phi) is 3.80. The average Bonchev–Trinajstić information content (AvgIpc) is 2.83. The van der Waals surface area contributed by atoms with Crippen molar-refractivity contribution in [3.63, 3.8) is 0 Å². The van der Waals surface area contributed by atoms with E-state index < -0.39 is 0 Å². The van der Waals surface area contributed by atoms with Gasteiger partial charge in [0.05, 0.1) is 16.4 Å². The molecule has 0 fully saturated rings. The molecular weight excluding hydrogens is 348 g/mol. The van der Waals surface area contributed by atoms with Gasteiger partial charge in [-0.05, 0) is 56.2 Å². The van der Waals surface area contributed by atoms with Crippen molar-refractivity contribution in [3.05, 3.63) is 57.8 Å². The van der Waals surface area contributed by atoms with Gasteiger partial charge in [-0.2, -0.15) is 0 Å². The molecule has 0 amide bonds. The van der Waals surface area contributed by atoms with Crippen LogP contribution >= 0.6 is 27.5 Å². The summed E-state index contributed by atoms with van der Waals surface area (Å²) in [7, 11) is 0. The van der Waals surface area contributed by atoms with E-state index in [2.05, 4.69) is 58.6 Å². The summed E-state index contributed by atoms with van der Waals surface area (Å²) in [5.41, 5.74) is 5.59. The molecule has 1 unspecified atom stereocenters. The molecule has 3 aromatic rings. The smallest absolute Gasteiger partial charge is 0.132 e. The molecule has 0 spiro atoms. The molecule has 1 atom stereocenters. The lowest BCUT2D eigenvalue weighted by atomic mass is 10.2. The Morgan fingerprint density at radius 2 is 1.90 bits per heavy atom. The first-order valence-corrected chi connectivity index (χ1v) is 8.10. The standard InChI is InChI=1S/C17H16BrClN2/c1-10-5-4-6-15-16(10)21(17(20-15)12(3)19)13-7-8-14(18)11(2)9-13/h4-9,12H,1-3H3. The molecule has 0 bridgehead atoms. The number of hydrogen-bond acceptors (Lipinski definition) is 1. The molecular formula is C17H16BrClN2. The number of halogens is 2. The molecule has 3 rings (SSSR count). The number of para-hydroxylation sites is 1. The summed E-state index contributed by atoms with van der Waals surface area (Å²) < 4.78 is 3.27. The molecule has 0 aliphatic heterocycles. The third-order valence-electron chi connectivity index (χ3n) is 3.66. The largest absolute Gasteiger partial charge is 0.295 e. The molecule has 21 heavy (non-hydrogen) atoms. The van der Waals surface area contributed by atoms with Crippen molar-refractivity contribution in [3.8, 4) is 5.69 Å². The summed E-state index contributed by atoms with van der Waals surface area (Å²) in [6, 6.07) is 12.5. The highest BCUT2D eigenvalue weighted by Gasteiger charge is 2.17. The molecule has 0 aliphatic rings. The molecule has 0 N–H and O–H groups in total. The topological polar surface area (TPSA) is 17.8 Å². The Morgan fingerprint density at radius 1 is 1.14 bits per heavy atom. The molecule has 1 aromatic heterocycles. The van der Waals surface area contributed by atoms with Crippen molar-refractivity contribution in [1.82, 2.24) is 9.55 Å². The highest BCUT2D eigenvalue weighted by atomic mass is 79.9. The summed E-state index contributed by atoms with van der Waals surface area (Å²) >= 11 is 9.91. The SMILES string of the molecule is Cc1cc(-n2c(C(C)Cl)nc3cccc(C)c32)ccc1Br. The normalized spacial score (nSPS) is 12.8. The van der Waals surface area contributed by atoms with E-state index in [9.17, 15) is 0 Å². The van der Waals surface area contributed by atoms with E-state index >= 15 is 0 Å². The third kappa shape index (κ3) is 2.49. The highest BCUT2D eigenvalue weighted by molar-refractivity contribution is 9.10. The van der Waals surface area contributed by atoms with Crippen LogP contribution in [-0.2, 0) is 0 Å². The van der Waals surface area contributed by atoms with E-state index in [1.165, 1.54) is 11.1 Å². The van der Waals surface area contributed by atoms with Gasteiger partial charge in [-0.15, -0.1) is 11.6 Å². The zero-order valence-electron chi connectivity index (χ0n) is 12.2. The van der Waals surface area contributed by atoms with Crippen LogP contribution in [0.1, 0.15) is 29.3 Å². The predicted molar refractivity (Wildman–Crippen MR) is 92.5 cm³/mol. The fourth-order valence-electron chi connectivity index (χ4n) is 2.61. The van der Waals surface area contributed by atoms with Crippen LogP contribution in [0.3, 0.4) is 0 Å². The van der Waals surface area contributed by atoms with Crippen LogP contribution in [0.2, 0.25) is 0 Å². The van der Waals surface area contributed by atoms with Gasteiger partial charge in [-0.25, -0.2) is 4.98 Å². The van der Waals surface area contributed by atoms with Crippen molar-refractivity contribution in [1.29, 1.82) is 0 Å². The molecule has 1 heterocycles. The van der Waals surface area contributed by atoms with E-state index in [4.69, 9.17) is 16.6 Å². The second kappa shape index (κ2) is 5.47. The Hall–Kier alpha value is -1.32. The number of hydrogen-bond donors (Lipinski definition) is 0. The van der Waals surface area contributed by atoms with Crippen LogP contribution in [0, 0.1) is 13.8 Å². The van der Waals surface area contributed by atoms with E-state index in [1.807, 2.05) is 19.1 Å². The van der Waals surface area contributed by atoms with E-state index in [0.29, 0.717) is 0 Å². The van der Waals surface area contributed by atoms with Gasteiger partial charge in [-0.3, -0.25) is 4.57 Å². The predicted octanol–water partition coefficient (Wildman–Crippen LogP) is 5.70. The molecule has 0 saturated carbocycles. The molecule has 0 radical (unpaired) electrons. The minimum Gasteiger partial charge on any atom is -0.295 e. The minimum absolute atomic E-state index is 0.152. The molecule has 2 nitrogen and oxygen atoms in total. The van der Waals surface area contributed by atoms with Gasteiger partial charge < -0.3 is 0 Å². The zero-order valence-corrected chi connectivity index (χ0v) is 14.5. The first-order valence-electron chi connectivity index (χ1n) is 6.87. The summed E-state index contributed by atoms with van der Waals surface area (Å²) in [5.74, 6) is 0.877. The minimum atomic E-state index is -0.152. The Balaban J connectivity index is 2.38. The first kappa shape index (κ1) is 14.6. The van der Waals surface area contributed by atoms with Crippen LogP contribution in [0.25, 0.3) is 16.7 Å². The summed E-state index contributed by atoms with van der Waals surface area (Å²) in [5, 5.41) is -0.152. The fourth-order valence-corrected chi connectivity index (χ4v) is 3.00. The van der Waals surface area contributed by atoms with Crippen molar-refractivity contribution in [2.75, 3.05) is 0 Å². The van der Waals surface area contributed by atoms with Crippen molar-refractivity contribution in [2.24, 2.45) is 0 Å². The Morgan fingerprint density at radius 3 is 2.57 bits per heavy atom. The summed E-state index contributed by atoms with van der Waals surface area (Å²) in [4.78, 5) is 4.72. The Bertz CT molecular complexity index is 821. The van der Waals surface area contributed by atoms with Crippen LogP contribution in [0.15, 0.2) is 40.9 Å². The van der Waals surface area contributed by atoms with E-state index in [1.54, 1.807) is 0 Å². The number of imidazole rings is 1. The maximum absolute atomic E-state index is 6.36. The van der Waals surface area contributed by atoms with Gasteiger partial charge in [-0.1, -0.05) is 28.1 Å². The maximum atomic E-state index is 6.36. The number of aromatic nitrogens is 2. The lowest BCUT2D eigenvalue weighted by Crippen LogP contribution is -2.03. The van der Waals surface area contributed by atoms with Crippen molar-refractivity contribution >= 4 is 38.6 Å². The second-order valence-electron chi connectivity index (χ2n) is 5.30. The van der Waals surface area contributed by atoms with Gasteiger partial charge >= 0.3 is 0 Å². The van der Waals surface area contributed by atoms with Crippen LogP contribution in [0.4, 0.5) is 0 Å². The van der Waals surface area contributed by atoms with Crippen LogP contribution < -0.4 is 0 Å². The van der Waals surface area contributed by atoms with Gasteiger partial charge in [0.25, 0.3) is 0 Å². The number of benzene rings is 2. The van der Waals surface area contributed by atoms with Gasteiger partial charge in [0.15, 0.2) is 0 Å². The molecule has 108 valence electrons. The molecule has 0 aliphatic carbocycles. The number of fused-ring (bicyclic) bond motifs is 1. The Labute approximate surface area is 137 Å².